The minimum Gasteiger partial charge on any atom is -0.504 e. The van der Waals surface area contributed by atoms with Crippen molar-refractivity contribution in [1.29, 1.82) is 0 Å². The van der Waals surface area contributed by atoms with Crippen LogP contribution in [0, 0.1) is 0 Å². The Morgan fingerprint density at radius 1 is 1.33 bits per heavy atom. The maximum Gasteiger partial charge on any atom is 0.191 e. The number of likely N-dealkylation sites (tertiary alicyclic amines) is 1. The van der Waals surface area contributed by atoms with E-state index >= 15 is 0 Å². The number of ether oxygens (including phenoxy) is 1. The molecule has 0 aromatic heterocycles. The molecule has 1 aromatic carbocycles. The summed E-state index contributed by atoms with van der Waals surface area (Å²) in [5.74, 6) is 1.44. The normalized spacial score (nSPS) is 17.9. The van der Waals surface area contributed by atoms with Crippen LogP contribution >= 0.6 is 24.0 Å². The van der Waals surface area contributed by atoms with Crippen molar-refractivity contribution in [3.8, 4) is 11.5 Å². The molecule has 0 aliphatic carbocycles. The van der Waals surface area contributed by atoms with Gasteiger partial charge in [-0.15, -0.1) is 24.0 Å². The zero-order valence-corrected chi connectivity index (χ0v) is 19.2. The Kier molecular flexibility index (Phi) is 11.5. The van der Waals surface area contributed by atoms with Gasteiger partial charge in [0.25, 0.3) is 0 Å². The third kappa shape index (κ3) is 8.13. The Hall–Kier alpha value is -1.22. The lowest BCUT2D eigenvalue weighted by molar-refractivity contribution is 0.159. The number of hydrogen-bond acceptors (Lipinski definition) is 4. The number of halogens is 1. The fraction of sp³-hybridized carbons (Fsp3) is 0.650. The molecule has 1 fully saturated rings. The second-order valence-electron chi connectivity index (χ2n) is 6.86. The molecule has 1 aliphatic rings. The Morgan fingerprint density at radius 3 is 2.81 bits per heavy atom. The van der Waals surface area contributed by atoms with Gasteiger partial charge in [0.2, 0.25) is 0 Å². The van der Waals surface area contributed by atoms with Gasteiger partial charge in [-0.1, -0.05) is 12.5 Å². The summed E-state index contributed by atoms with van der Waals surface area (Å²) in [7, 11) is 1.55. The monoisotopic (exact) mass is 490 g/mol. The molecule has 27 heavy (non-hydrogen) atoms. The number of nitrogens with one attached hydrogen (secondary N) is 2. The Bertz CT molecular complexity index is 583. The number of nitrogens with zero attached hydrogens (tertiary/aromatic N) is 2. The van der Waals surface area contributed by atoms with Gasteiger partial charge in [0.1, 0.15) is 0 Å². The van der Waals surface area contributed by atoms with E-state index in [1.54, 1.807) is 19.2 Å². The smallest absolute Gasteiger partial charge is 0.191 e. The van der Waals surface area contributed by atoms with Crippen molar-refractivity contribution in [2.24, 2.45) is 4.99 Å². The first-order chi connectivity index (χ1) is 12.6. The fourth-order valence-corrected chi connectivity index (χ4v) is 3.32. The molecular formula is C20H35IN4O2. The molecule has 1 aliphatic heterocycles. The van der Waals surface area contributed by atoms with Crippen LogP contribution in [0.5, 0.6) is 11.5 Å². The van der Waals surface area contributed by atoms with Crippen molar-refractivity contribution >= 4 is 29.9 Å². The zero-order valence-electron chi connectivity index (χ0n) is 16.8. The van der Waals surface area contributed by atoms with Gasteiger partial charge in [0, 0.05) is 25.7 Å². The molecule has 1 heterocycles. The van der Waals surface area contributed by atoms with Gasteiger partial charge < -0.3 is 25.4 Å². The molecule has 0 amide bonds. The standard InChI is InChI=1S/C20H34N4O2.HI/c1-4-21-20(22-11-7-13-24-12-6-5-8-16(24)2)23-15-17-9-10-19(26-3)18(25)14-17;/h9-10,14,16,25H,4-8,11-13,15H2,1-3H3,(H2,21,22,23);1H. The fourth-order valence-electron chi connectivity index (χ4n) is 3.32. The maximum atomic E-state index is 9.87. The molecule has 2 rings (SSSR count). The first-order valence-corrected chi connectivity index (χ1v) is 9.76. The highest BCUT2D eigenvalue weighted by Crippen LogP contribution is 2.26. The number of methoxy groups -OCH3 is 1. The van der Waals surface area contributed by atoms with Crippen LogP contribution in [0.1, 0.15) is 45.1 Å². The van der Waals surface area contributed by atoms with Crippen molar-refractivity contribution in [2.75, 3.05) is 33.3 Å². The van der Waals surface area contributed by atoms with Crippen LogP contribution in [0.3, 0.4) is 0 Å². The highest BCUT2D eigenvalue weighted by atomic mass is 127. The first-order valence-electron chi connectivity index (χ1n) is 9.76. The predicted octanol–water partition coefficient (Wildman–Crippen LogP) is 3.34. The summed E-state index contributed by atoms with van der Waals surface area (Å²) >= 11 is 0. The van der Waals surface area contributed by atoms with Crippen molar-refractivity contribution in [2.45, 2.75) is 52.1 Å². The highest BCUT2D eigenvalue weighted by Gasteiger charge is 2.17. The number of aliphatic imine (C=N–C) groups is 1. The number of hydrogen-bond donors (Lipinski definition) is 3. The van der Waals surface area contributed by atoms with Crippen LogP contribution in [-0.2, 0) is 6.54 Å². The SMILES string of the molecule is CCNC(=NCc1ccc(OC)c(O)c1)NCCCN1CCCCC1C.I. The number of rotatable bonds is 8. The van der Waals surface area contributed by atoms with Gasteiger partial charge in [-0.05, 0) is 57.4 Å². The van der Waals surface area contributed by atoms with Gasteiger partial charge in [-0.3, -0.25) is 0 Å². The summed E-state index contributed by atoms with van der Waals surface area (Å²) in [6.45, 7) is 9.01. The van der Waals surface area contributed by atoms with Gasteiger partial charge in [0.05, 0.1) is 13.7 Å². The van der Waals surface area contributed by atoms with Crippen LogP contribution in [-0.4, -0.2) is 55.3 Å². The molecule has 7 heteroatoms. The quantitative estimate of drug-likeness (QED) is 0.226. The van der Waals surface area contributed by atoms with Gasteiger partial charge in [-0.2, -0.15) is 0 Å². The molecule has 1 atom stereocenters. The Balaban J connectivity index is 0.00000364. The number of guanidine groups is 1. The third-order valence-electron chi connectivity index (χ3n) is 4.86. The molecule has 1 aromatic rings. The van der Waals surface area contributed by atoms with Crippen molar-refractivity contribution in [1.82, 2.24) is 15.5 Å². The summed E-state index contributed by atoms with van der Waals surface area (Å²) in [5.41, 5.74) is 0.947. The predicted molar refractivity (Wildman–Crippen MR) is 122 cm³/mol. The second kappa shape index (κ2) is 13.0. The second-order valence-corrected chi connectivity index (χ2v) is 6.86. The van der Waals surface area contributed by atoms with Crippen molar-refractivity contribution < 1.29 is 9.84 Å². The largest absolute Gasteiger partial charge is 0.504 e. The summed E-state index contributed by atoms with van der Waals surface area (Å²) in [6, 6.07) is 6.10. The van der Waals surface area contributed by atoms with Crippen LogP contribution in [0.25, 0.3) is 0 Å². The molecule has 1 saturated heterocycles. The molecule has 1 unspecified atom stereocenters. The molecule has 0 saturated carbocycles. The van der Waals surface area contributed by atoms with E-state index in [9.17, 15) is 5.11 Å². The van der Waals surface area contributed by atoms with Crippen LogP contribution < -0.4 is 15.4 Å². The maximum absolute atomic E-state index is 9.87. The molecule has 0 radical (unpaired) electrons. The number of benzene rings is 1. The number of aromatic hydroxyl groups is 1. The summed E-state index contributed by atoms with van der Waals surface area (Å²) in [4.78, 5) is 7.20. The van der Waals surface area contributed by atoms with E-state index in [4.69, 9.17) is 4.74 Å². The molecule has 6 nitrogen and oxygen atoms in total. The summed E-state index contributed by atoms with van der Waals surface area (Å²) in [6.07, 6.45) is 5.13. The average molecular weight is 490 g/mol. The molecule has 154 valence electrons. The molecule has 3 N–H and O–H groups in total. The van der Waals surface area contributed by atoms with E-state index in [1.165, 1.54) is 25.8 Å². The van der Waals surface area contributed by atoms with E-state index in [0.29, 0.717) is 18.3 Å². The molecular weight excluding hydrogens is 455 g/mol. The van der Waals surface area contributed by atoms with Gasteiger partial charge in [0.15, 0.2) is 17.5 Å². The molecule has 0 spiro atoms. The van der Waals surface area contributed by atoms with Crippen LogP contribution in [0.4, 0.5) is 0 Å². The first kappa shape index (κ1) is 23.8. The van der Waals surface area contributed by atoms with Crippen molar-refractivity contribution in [3.05, 3.63) is 23.8 Å². The van der Waals surface area contributed by atoms with E-state index in [2.05, 4.69) is 34.4 Å². The lowest BCUT2D eigenvalue weighted by atomic mass is 10.0. The average Bonchev–Trinajstić information content (AvgIpc) is 2.64. The Labute approximate surface area is 180 Å². The van der Waals surface area contributed by atoms with E-state index < -0.39 is 0 Å². The van der Waals surface area contributed by atoms with E-state index in [1.807, 2.05) is 6.07 Å². The van der Waals surface area contributed by atoms with Crippen LogP contribution in [0.15, 0.2) is 23.2 Å². The minimum absolute atomic E-state index is 0. The zero-order chi connectivity index (χ0) is 18.8. The Morgan fingerprint density at radius 2 is 2.15 bits per heavy atom. The van der Waals surface area contributed by atoms with E-state index in [-0.39, 0.29) is 29.7 Å². The lowest BCUT2D eigenvalue weighted by Crippen LogP contribution is -2.41. The highest BCUT2D eigenvalue weighted by molar-refractivity contribution is 14.0. The third-order valence-corrected chi connectivity index (χ3v) is 4.86. The lowest BCUT2D eigenvalue weighted by Gasteiger charge is -2.33. The summed E-state index contributed by atoms with van der Waals surface area (Å²) < 4.78 is 5.07. The topological polar surface area (TPSA) is 69.1 Å². The molecule has 0 bridgehead atoms. The number of piperidine rings is 1. The van der Waals surface area contributed by atoms with Gasteiger partial charge >= 0.3 is 0 Å². The minimum atomic E-state index is 0. The van der Waals surface area contributed by atoms with Crippen LogP contribution in [0.2, 0.25) is 0 Å². The number of phenols is 1. The summed E-state index contributed by atoms with van der Waals surface area (Å²) in [5, 5.41) is 16.6. The van der Waals surface area contributed by atoms with E-state index in [0.717, 1.165) is 37.6 Å². The van der Waals surface area contributed by atoms with Gasteiger partial charge in [-0.25, -0.2) is 4.99 Å². The number of phenolic OH excluding ortho intramolecular Hbond substituents is 1. The van der Waals surface area contributed by atoms with Crippen molar-refractivity contribution in [3.63, 3.8) is 0 Å².